The van der Waals surface area contributed by atoms with E-state index in [0.29, 0.717) is 0 Å². The molecule has 0 amide bonds. The fraction of sp³-hybridized carbons (Fsp3) is 1.00. The Kier molecular flexibility index (Phi) is 4.06. The molecule has 0 N–H and O–H groups in total. The quantitative estimate of drug-likeness (QED) is 0.425. The first kappa shape index (κ1) is 8.75. The van der Waals surface area contributed by atoms with Crippen LogP contribution in [0.4, 0.5) is 0 Å². The minimum atomic E-state index is -1.99. The largest absolute Gasteiger partial charge is 0.464 e. The van der Waals surface area contributed by atoms with E-state index in [4.69, 9.17) is 12.3 Å². The van der Waals surface area contributed by atoms with Gasteiger partial charge in [0.1, 0.15) is 31.5 Å². The van der Waals surface area contributed by atoms with E-state index in [-0.39, 0.29) is 0 Å². The highest BCUT2D eigenvalue weighted by Crippen LogP contribution is 2.00. The Bertz CT molecular complexity index is 54.0. The van der Waals surface area contributed by atoms with Gasteiger partial charge in [0.05, 0.1) is 0 Å². The van der Waals surface area contributed by atoms with Gasteiger partial charge < -0.3 is 12.3 Å². The summed E-state index contributed by atoms with van der Waals surface area (Å²) >= 11 is 0. The molecule has 0 heterocycles. The topological polar surface area (TPSA) is 27.7 Å². The van der Waals surface area contributed by atoms with Crippen molar-refractivity contribution in [1.29, 1.82) is 0 Å². The van der Waals surface area contributed by atoms with Gasteiger partial charge in [0.25, 0.3) is 0 Å². The van der Waals surface area contributed by atoms with Crippen LogP contribution in [0.2, 0.25) is 6.55 Å². The minimum Gasteiger partial charge on any atom is -0.426 e. The standard InChI is InChI=1S/CH12O3Si4/c1-8(2-5,3-6)4-7/h1,5-7H3. The second-order valence-corrected chi connectivity index (χ2v) is 8.10. The Morgan fingerprint density at radius 1 is 1.00 bits per heavy atom. The molecule has 0 aromatic rings. The molecule has 0 aliphatic heterocycles. The molecule has 0 saturated heterocycles. The summed E-state index contributed by atoms with van der Waals surface area (Å²) in [6, 6.07) is 0. The van der Waals surface area contributed by atoms with E-state index in [1.54, 1.807) is 0 Å². The van der Waals surface area contributed by atoms with E-state index >= 15 is 0 Å². The van der Waals surface area contributed by atoms with Crippen LogP contribution in [-0.2, 0) is 12.3 Å². The van der Waals surface area contributed by atoms with Crippen molar-refractivity contribution in [3.05, 3.63) is 0 Å². The van der Waals surface area contributed by atoms with Crippen molar-refractivity contribution in [2.45, 2.75) is 6.55 Å². The van der Waals surface area contributed by atoms with Crippen molar-refractivity contribution in [2.75, 3.05) is 0 Å². The van der Waals surface area contributed by atoms with Crippen molar-refractivity contribution in [3.8, 4) is 0 Å². The molecule has 50 valence electrons. The smallest absolute Gasteiger partial charge is 0.426 e. The summed E-state index contributed by atoms with van der Waals surface area (Å²) in [6.07, 6.45) is 0. The van der Waals surface area contributed by atoms with E-state index in [9.17, 15) is 0 Å². The number of hydrogen-bond acceptors (Lipinski definition) is 3. The lowest BCUT2D eigenvalue weighted by Crippen LogP contribution is -2.40. The maximum Gasteiger partial charge on any atom is 0.464 e. The van der Waals surface area contributed by atoms with Crippen molar-refractivity contribution in [2.24, 2.45) is 0 Å². The Balaban J connectivity index is 3.58. The molecule has 7 heteroatoms. The van der Waals surface area contributed by atoms with Gasteiger partial charge in [-0.2, -0.15) is 0 Å². The van der Waals surface area contributed by atoms with Crippen LogP contribution in [0, 0.1) is 0 Å². The Morgan fingerprint density at radius 2 is 1.25 bits per heavy atom. The fourth-order valence-electron chi connectivity index (χ4n) is 0.250. The first-order valence-corrected chi connectivity index (χ1v) is 7.01. The lowest BCUT2D eigenvalue weighted by molar-refractivity contribution is 0.307. The molecule has 0 atom stereocenters. The lowest BCUT2D eigenvalue weighted by Gasteiger charge is -2.20. The van der Waals surface area contributed by atoms with Crippen molar-refractivity contribution < 1.29 is 12.3 Å². The van der Waals surface area contributed by atoms with E-state index in [0.717, 1.165) is 31.5 Å². The molecule has 0 saturated carbocycles. The van der Waals surface area contributed by atoms with Gasteiger partial charge in [0.2, 0.25) is 0 Å². The maximum absolute atomic E-state index is 5.14. The van der Waals surface area contributed by atoms with Crippen LogP contribution < -0.4 is 0 Å². The molecule has 8 heavy (non-hydrogen) atoms. The highest BCUT2D eigenvalue weighted by Gasteiger charge is 2.26. The van der Waals surface area contributed by atoms with Crippen molar-refractivity contribution >= 4 is 40.3 Å². The summed E-state index contributed by atoms with van der Waals surface area (Å²) in [7, 11) is 0.181. The molecule has 0 fully saturated rings. The van der Waals surface area contributed by atoms with Crippen LogP contribution in [0.1, 0.15) is 0 Å². The zero-order valence-electron chi connectivity index (χ0n) is 5.72. The monoisotopic (exact) mass is 184 g/mol. The first-order valence-electron chi connectivity index (χ1n) is 2.34. The molecule has 0 rings (SSSR count). The van der Waals surface area contributed by atoms with Gasteiger partial charge in [0, 0.05) is 6.55 Å². The lowest BCUT2D eigenvalue weighted by atomic mass is 11.9. The molecule has 0 radical (unpaired) electrons. The number of rotatable bonds is 3. The first-order chi connectivity index (χ1) is 3.68. The molecule has 0 aliphatic rings. The second kappa shape index (κ2) is 3.71. The summed E-state index contributed by atoms with van der Waals surface area (Å²) in [5.74, 6) is 0. The third-order valence-corrected chi connectivity index (χ3v) is 10.0. The summed E-state index contributed by atoms with van der Waals surface area (Å²) in [5.41, 5.74) is 0. The van der Waals surface area contributed by atoms with Crippen molar-refractivity contribution in [1.82, 2.24) is 0 Å². The Hall–Kier alpha value is 0.748. The molecule has 0 aliphatic carbocycles. The average Bonchev–Trinajstić information content (AvgIpc) is 1.87. The maximum atomic E-state index is 5.14. The van der Waals surface area contributed by atoms with Crippen LogP contribution in [0.15, 0.2) is 0 Å². The zero-order valence-corrected chi connectivity index (χ0v) is 12.7. The molecule has 0 aromatic carbocycles. The fourth-order valence-corrected chi connectivity index (χ4v) is 6.75. The summed E-state index contributed by atoms with van der Waals surface area (Å²) in [6.45, 7) is 1.93. The van der Waals surface area contributed by atoms with Gasteiger partial charge in [-0.05, 0) is 0 Å². The minimum absolute atomic E-state index is 0.722. The van der Waals surface area contributed by atoms with Crippen LogP contribution in [0.3, 0.4) is 0 Å². The second-order valence-electron chi connectivity index (χ2n) is 1.47. The third-order valence-electron chi connectivity index (χ3n) is 1.11. The molecule has 0 unspecified atom stereocenters. The van der Waals surface area contributed by atoms with Gasteiger partial charge in [-0.25, -0.2) is 0 Å². The molecular formula is CH12O3Si4. The highest BCUT2D eigenvalue weighted by atomic mass is 28.5. The number of hydrogen-bond donors (Lipinski definition) is 0. The predicted molar refractivity (Wildman–Crippen MR) is 44.7 cm³/mol. The van der Waals surface area contributed by atoms with Gasteiger partial charge >= 0.3 is 8.80 Å². The van der Waals surface area contributed by atoms with Gasteiger partial charge in [-0.15, -0.1) is 0 Å². The van der Waals surface area contributed by atoms with Gasteiger partial charge in [-0.3, -0.25) is 0 Å². The SMILES string of the molecule is C[Si](O[SiH3])(O[SiH3])O[SiH3]. The molecule has 0 bridgehead atoms. The predicted octanol–water partition coefficient (Wildman–Crippen LogP) is -3.55. The summed E-state index contributed by atoms with van der Waals surface area (Å²) in [5, 5.41) is 0. The Morgan fingerprint density at radius 3 is 1.25 bits per heavy atom. The molecule has 3 nitrogen and oxygen atoms in total. The Labute approximate surface area is 59.7 Å². The van der Waals surface area contributed by atoms with Crippen LogP contribution in [0.5, 0.6) is 0 Å². The van der Waals surface area contributed by atoms with Crippen LogP contribution >= 0.6 is 0 Å². The zero-order chi connectivity index (χ0) is 6.62. The van der Waals surface area contributed by atoms with Gasteiger partial charge in [-0.1, -0.05) is 0 Å². The van der Waals surface area contributed by atoms with E-state index in [2.05, 4.69) is 0 Å². The summed E-state index contributed by atoms with van der Waals surface area (Å²) < 4.78 is 15.4. The molecule has 0 aromatic heterocycles. The van der Waals surface area contributed by atoms with Crippen molar-refractivity contribution in [3.63, 3.8) is 0 Å². The average molecular weight is 184 g/mol. The normalized spacial score (nSPS) is 19.1. The summed E-state index contributed by atoms with van der Waals surface area (Å²) in [4.78, 5) is 0. The van der Waals surface area contributed by atoms with E-state index in [1.165, 1.54) is 0 Å². The highest BCUT2D eigenvalue weighted by molar-refractivity contribution is 6.67. The third kappa shape index (κ3) is 2.35. The molecular weight excluding hydrogens is 172 g/mol. The van der Waals surface area contributed by atoms with E-state index < -0.39 is 8.80 Å². The van der Waals surface area contributed by atoms with Gasteiger partial charge in [0.15, 0.2) is 0 Å². The van der Waals surface area contributed by atoms with Crippen LogP contribution in [0.25, 0.3) is 0 Å². The van der Waals surface area contributed by atoms with E-state index in [1.807, 2.05) is 6.55 Å². The van der Waals surface area contributed by atoms with Crippen LogP contribution in [-0.4, -0.2) is 40.3 Å². The molecule has 0 spiro atoms.